The first-order valence-corrected chi connectivity index (χ1v) is 10.7. The van der Waals surface area contributed by atoms with Crippen LogP contribution in [0.3, 0.4) is 0 Å². The van der Waals surface area contributed by atoms with Gasteiger partial charge in [-0.05, 0) is 11.6 Å². The fraction of sp³-hybridized carbons (Fsp3) is 0.250. The Morgan fingerprint density at radius 2 is 1.83 bits per heavy atom. The van der Waals surface area contributed by atoms with Gasteiger partial charge in [0.1, 0.15) is 17.6 Å². The van der Waals surface area contributed by atoms with Gasteiger partial charge in [0.15, 0.2) is 17.4 Å². The molecule has 6 nitrogen and oxygen atoms in total. The van der Waals surface area contributed by atoms with Gasteiger partial charge in [0, 0.05) is 43.4 Å². The Bertz CT molecular complexity index is 1410. The molecule has 1 aliphatic heterocycles. The SMILES string of the molecule is Cn1nc(-c2cc(C(F)(F)F)c(F)c(O)c2F)c2cnc(N3CCO[C@@H](c4ccccc4)C3)cc21. The Balaban J connectivity index is 1.54. The summed E-state index contributed by atoms with van der Waals surface area (Å²) in [6.45, 7) is 1.57. The largest absolute Gasteiger partial charge is 0.503 e. The van der Waals surface area contributed by atoms with Crippen LogP contribution in [0.5, 0.6) is 5.75 Å². The molecule has 35 heavy (non-hydrogen) atoms. The average Bonchev–Trinajstić information content (AvgIpc) is 3.18. The van der Waals surface area contributed by atoms with Crippen molar-refractivity contribution in [2.24, 2.45) is 7.05 Å². The van der Waals surface area contributed by atoms with Crippen molar-refractivity contribution < 1.29 is 31.8 Å². The van der Waals surface area contributed by atoms with E-state index < -0.39 is 34.7 Å². The number of aryl methyl sites for hydroxylation is 1. The lowest BCUT2D eigenvalue weighted by atomic mass is 10.0. The number of phenolic OH excluding ortho intramolecular Hbond substituents is 1. The van der Waals surface area contributed by atoms with Crippen molar-refractivity contribution in [2.45, 2.75) is 12.3 Å². The molecule has 0 amide bonds. The van der Waals surface area contributed by atoms with Crippen LogP contribution in [0.25, 0.3) is 22.2 Å². The molecule has 182 valence electrons. The van der Waals surface area contributed by atoms with Crippen LogP contribution in [-0.4, -0.2) is 39.6 Å². The van der Waals surface area contributed by atoms with Crippen molar-refractivity contribution in [3.63, 3.8) is 0 Å². The van der Waals surface area contributed by atoms with Crippen molar-refractivity contribution >= 4 is 16.7 Å². The van der Waals surface area contributed by atoms with E-state index in [1.54, 1.807) is 13.1 Å². The first kappa shape index (κ1) is 23.0. The summed E-state index contributed by atoms with van der Waals surface area (Å²) in [5.41, 5.74) is -1.15. The minimum Gasteiger partial charge on any atom is -0.503 e. The summed E-state index contributed by atoms with van der Waals surface area (Å²) in [6.07, 6.45) is -3.92. The second-order valence-corrected chi connectivity index (χ2v) is 8.19. The molecule has 0 unspecified atom stereocenters. The lowest BCUT2D eigenvalue weighted by Crippen LogP contribution is -2.38. The number of benzene rings is 2. The normalized spacial score (nSPS) is 16.7. The number of hydrogen-bond donors (Lipinski definition) is 1. The van der Waals surface area contributed by atoms with E-state index in [-0.39, 0.29) is 17.2 Å². The van der Waals surface area contributed by atoms with E-state index in [9.17, 15) is 27.1 Å². The number of alkyl halides is 3. The molecule has 1 fully saturated rings. The molecule has 0 saturated carbocycles. The standard InChI is InChI=1S/C24H19F5N4O2/c1-32-17-10-19(33-7-8-35-18(12-33)13-5-3-2-4-6-13)30-11-15(17)22(31-32)14-9-16(24(27,28)29)21(26)23(34)20(14)25/h2-6,9-11,18,34H,7-8,12H2,1H3/t18-/m1/s1. The highest BCUT2D eigenvalue weighted by Gasteiger charge is 2.38. The molecular formula is C24H19F5N4O2. The average molecular weight is 490 g/mol. The third-order valence-corrected chi connectivity index (χ3v) is 6.02. The molecule has 0 spiro atoms. The Hall–Kier alpha value is -3.73. The van der Waals surface area contributed by atoms with Crippen LogP contribution in [0.4, 0.5) is 27.8 Å². The van der Waals surface area contributed by atoms with Crippen LogP contribution in [0.1, 0.15) is 17.2 Å². The van der Waals surface area contributed by atoms with Crippen LogP contribution in [0.2, 0.25) is 0 Å². The molecule has 2 aromatic carbocycles. The fourth-order valence-electron chi connectivity index (χ4n) is 4.24. The highest BCUT2D eigenvalue weighted by atomic mass is 19.4. The Morgan fingerprint density at radius 1 is 1.09 bits per heavy atom. The first-order valence-electron chi connectivity index (χ1n) is 10.7. The molecule has 2 aromatic heterocycles. The van der Waals surface area contributed by atoms with Crippen LogP contribution in [0, 0.1) is 11.6 Å². The van der Waals surface area contributed by atoms with Gasteiger partial charge < -0.3 is 14.7 Å². The molecule has 1 N–H and O–H groups in total. The lowest BCUT2D eigenvalue weighted by molar-refractivity contribution is -0.140. The summed E-state index contributed by atoms with van der Waals surface area (Å²) < 4.78 is 75.6. The van der Waals surface area contributed by atoms with Gasteiger partial charge in [-0.2, -0.15) is 18.3 Å². The smallest absolute Gasteiger partial charge is 0.419 e. The van der Waals surface area contributed by atoms with Gasteiger partial charge in [0.25, 0.3) is 0 Å². The third-order valence-electron chi connectivity index (χ3n) is 6.02. The number of phenols is 1. The Labute approximate surface area is 196 Å². The molecule has 1 saturated heterocycles. The zero-order valence-corrected chi connectivity index (χ0v) is 18.4. The van der Waals surface area contributed by atoms with Crippen LogP contribution < -0.4 is 4.90 Å². The topological polar surface area (TPSA) is 63.4 Å². The van der Waals surface area contributed by atoms with E-state index in [2.05, 4.69) is 10.1 Å². The number of pyridine rings is 1. The van der Waals surface area contributed by atoms with E-state index in [0.29, 0.717) is 37.1 Å². The highest BCUT2D eigenvalue weighted by Crippen LogP contribution is 2.41. The quantitative estimate of drug-likeness (QED) is 0.399. The molecule has 0 aliphatic carbocycles. The summed E-state index contributed by atoms with van der Waals surface area (Å²) in [7, 11) is 1.55. The number of nitrogens with zero attached hydrogens (tertiary/aromatic N) is 4. The van der Waals surface area contributed by atoms with Crippen LogP contribution in [0.15, 0.2) is 48.7 Å². The molecule has 11 heteroatoms. The fourth-order valence-corrected chi connectivity index (χ4v) is 4.24. The molecule has 0 radical (unpaired) electrons. The molecule has 5 rings (SSSR count). The summed E-state index contributed by atoms with van der Waals surface area (Å²) in [5.74, 6) is -4.72. The van der Waals surface area contributed by atoms with Gasteiger partial charge in [0.2, 0.25) is 0 Å². The number of rotatable bonds is 3. The number of morpholine rings is 1. The third kappa shape index (κ3) is 4.05. The minimum atomic E-state index is -5.13. The number of halogens is 5. The number of aromatic nitrogens is 3. The summed E-state index contributed by atoms with van der Waals surface area (Å²) in [6, 6.07) is 11.7. The van der Waals surface area contributed by atoms with E-state index in [0.717, 1.165) is 5.56 Å². The molecule has 1 aliphatic rings. The van der Waals surface area contributed by atoms with Crippen molar-refractivity contribution in [1.82, 2.24) is 14.8 Å². The summed E-state index contributed by atoms with van der Waals surface area (Å²) in [4.78, 5) is 6.45. The van der Waals surface area contributed by atoms with Crippen molar-refractivity contribution in [2.75, 3.05) is 24.6 Å². The first-order chi connectivity index (χ1) is 16.6. The molecular weight excluding hydrogens is 471 g/mol. The lowest BCUT2D eigenvalue weighted by Gasteiger charge is -2.34. The van der Waals surface area contributed by atoms with Gasteiger partial charge in [-0.3, -0.25) is 4.68 Å². The number of aromatic hydroxyl groups is 1. The van der Waals surface area contributed by atoms with Crippen molar-refractivity contribution in [1.29, 1.82) is 0 Å². The van der Waals surface area contributed by atoms with Crippen molar-refractivity contribution in [3.8, 4) is 17.0 Å². The predicted octanol–water partition coefficient (Wildman–Crippen LogP) is 5.22. The second kappa shape index (κ2) is 8.49. The summed E-state index contributed by atoms with van der Waals surface area (Å²) in [5, 5.41) is 14.1. The van der Waals surface area contributed by atoms with Gasteiger partial charge in [0.05, 0.1) is 17.7 Å². The number of fused-ring (bicyclic) bond motifs is 1. The van der Waals surface area contributed by atoms with Crippen LogP contribution in [-0.2, 0) is 18.0 Å². The number of ether oxygens (including phenoxy) is 1. The molecule has 0 bridgehead atoms. The van der Waals surface area contributed by atoms with E-state index in [1.807, 2.05) is 35.2 Å². The maximum absolute atomic E-state index is 14.7. The molecule has 3 heterocycles. The van der Waals surface area contributed by atoms with Crippen LogP contribution >= 0.6 is 0 Å². The highest BCUT2D eigenvalue weighted by molar-refractivity contribution is 5.94. The molecule has 4 aromatic rings. The van der Waals surface area contributed by atoms with Crippen molar-refractivity contribution in [3.05, 3.63) is 71.4 Å². The Morgan fingerprint density at radius 3 is 2.54 bits per heavy atom. The van der Waals surface area contributed by atoms with Gasteiger partial charge >= 0.3 is 6.18 Å². The minimum absolute atomic E-state index is 0.165. The predicted molar refractivity (Wildman–Crippen MR) is 118 cm³/mol. The van der Waals surface area contributed by atoms with E-state index in [4.69, 9.17) is 4.74 Å². The maximum Gasteiger partial charge on any atom is 0.419 e. The summed E-state index contributed by atoms with van der Waals surface area (Å²) >= 11 is 0. The van der Waals surface area contributed by atoms with E-state index >= 15 is 0 Å². The zero-order chi connectivity index (χ0) is 24.9. The van der Waals surface area contributed by atoms with Gasteiger partial charge in [-0.15, -0.1) is 0 Å². The number of anilines is 1. The Kier molecular flexibility index (Phi) is 5.59. The van der Waals surface area contributed by atoms with E-state index in [1.165, 1.54) is 10.9 Å². The second-order valence-electron chi connectivity index (χ2n) is 8.19. The van der Waals surface area contributed by atoms with Gasteiger partial charge in [-0.1, -0.05) is 30.3 Å². The zero-order valence-electron chi connectivity index (χ0n) is 18.4. The number of hydrogen-bond acceptors (Lipinski definition) is 5. The monoisotopic (exact) mass is 490 g/mol. The maximum atomic E-state index is 14.7. The van der Waals surface area contributed by atoms with Gasteiger partial charge in [-0.25, -0.2) is 13.8 Å². The molecule has 1 atom stereocenters.